The molecule has 0 radical (unpaired) electrons. The number of carbonyl (C=O) groups excluding carboxylic acids is 3. The van der Waals surface area contributed by atoms with Crippen molar-refractivity contribution in [3.8, 4) is 5.75 Å². The van der Waals surface area contributed by atoms with E-state index in [0.717, 1.165) is 5.56 Å². The summed E-state index contributed by atoms with van der Waals surface area (Å²) in [4.78, 5) is 51.7. The average molecular weight is 560 g/mol. The fourth-order valence-corrected chi connectivity index (χ4v) is 3.91. The number of piperazine rings is 1. The Morgan fingerprint density at radius 2 is 1.76 bits per heavy atom. The molecule has 204 valence electrons. The highest BCUT2D eigenvalue weighted by molar-refractivity contribution is 6.30. The molecule has 0 aromatic heterocycles. The first-order valence-electron chi connectivity index (χ1n) is 11.2. The number of amides is 2. The SMILES string of the molecule is O=C(O)CC(NC(=O)CN1CCN(Cc2cccc(Cl)c2)C(=O)C1)C(=O)COc1c(F)c(F)cc(F)c1F. The molecule has 1 unspecified atom stereocenters. The minimum atomic E-state index is -1.88. The van der Waals surface area contributed by atoms with Gasteiger partial charge < -0.3 is 20.1 Å². The highest BCUT2D eigenvalue weighted by atomic mass is 35.5. The molecule has 1 fully saturated rings. The number of ketones is 1. The lowest BCUT2D eigenvalue weighted by molar-refractivity contribution is -0.140. The van der Waals surface area contributed by atoms with Crippen LogP contribution in [0.25, 0.3) is 0 Å². The van der Waals surface area contributed by atoms with Crippen LogP contribution in [-0.2, 0) is 25.7 Å². The molecule has 2 N–H and O–H groups in total. The van der Waals surface area contributed by atoms with Crippen LogP contribution >= 0.6 is 11.6 Å². The van der Waals surface area contributed by atoms with Crippen molar-refractivity contribution in [2.45, 2.75) is 19.0 Å². The summed E-state index contributed by atoms with van der Waals surface area (Å²) in [5.74, 6) is -12.4. The minimum Gasteiger partial charge on any atom is -0.481 e. The maximum Gasteiger partial charge on any atom is 0.305 e. The Bertz CT molecular complexity index is 1220. The Labute approximate surface area is 218 Å². The molecule has 9 nitrogen and oxygen atoms in total. The number of carbonyl (C=O) groups is 4. The van der Waals surface area contributed by atoms with Crippen LogP contribution < -0.4 is 10.1 Å². The summed E-state index contributed by atoms with van der Waals surface area (Å²) >= 11 is 5.96. The number of ether oxygens (including phenoxy) is 1. The maximum atomic E-state index is 13.7. The van der Waals surface area contributed by atoms with Crippen molar-refractivity contribution < 1.29 is 46.6 Å². The van der Waals surface area contributed by atoms with Crippen LogP contribution in [0, 0.1) is 23.3 Å². The lowest BCUT2D eigenvalue weighted by atomic mass is 10.1. The van der Waals surface area contributed by atoms with Gasteiger partial charge in [-0.3, -0.25) is 24.1 Å². The van der Waals surface area contributed by atoms with Crippen LogP contribution in [-0.4, -0.2) is 77.3 Å². The second-order valence-corrected chi connectivity index (χ2v) is 8.86. The zero-order valence-corrected chi connectivity index (χ0v) is 20.4. The van der Waals surface area contributed by atoms with Crippen molar-refractivity contribution in [2.75, 3.05) is 32.8 Å². The molecule has 0 bridgehead atoms. The van der Waals surface area contributed by atoms with Crippen molar-refractivity contribution >= 4 is 35.2 Å². The fraction of sp³-hybridized carbons (Fsp3) is 0.333. The molecule has 1 atom stereocenters. The van der Waals surface area contributed by atoms with Gasteiger partial charge in [0, 0.05) is 30.7 Å². The van der Waals surface area contributed by atoms with E-state index in [9.17, 15) is 36.7 Å². The highest BCUT2D eigenvalue weighted by Gasteiger charge is 2.29. The number of carboxylic acid groups (broad SMARTS) is 1. The van der Waals surface area contributed by atoms with Gasteiger partial charge in [-0.25, -0.2) is 8.78 Å². The van der Waals surface area contributed by atoms with E-state index in [1.807, 2.05) is 6.07 Å². The number of benzene rings is 2. The maximum absolute atomic E-state index is 13.7. The van der Waals surface area contributed by atoms with Crippen molar-refractivity contribution in [3.63, 3.8) is 0 Å². The number of halogens is 5. The zero-order chi connectivity index (χ0) is 28.0. The van der Waals surface area contributed by atoms with E-state index >= 15 is 0 Å². The number of rotatable bonds is 11. The average Bonchev–Trinajstić information content (AvgIpc) is 2.83. The van der Waals surface area contributed by atoms with Gasteiger partial charge in [0.25, 0.3) is 0 Å². The zero-order valence-electron chi connectivity index (χ0n) is 19.7. The Balaban J connectivity index is 1.56. The van der Waals surface area contributed by atoms with E-state index in [4.69, 9.17) is 16.7 Å². The highest BCUT2D eigenvalue weighted by Crippen LogP contribution is 2.26. The molecule has 2 aromatic rings. The molecule has 1 heterocycles. The van der Waals surface area contributed by atoms with Crippen LogP contribution in [0.4, 0.5) is 17.6 Å². The second kappa shape index (κ2) is 12.7. The quantitative estimate of drug-likeness (QED) is 0.320. The summed E-state index contributed by atoms with van der Waals surface area (Å²) in [6, 6.07) is 5.28. The Morgan fingerprint density at radius 1 is 1.08 bits per heavy atom. The molecule has 1 aliphatic rings. The molecule has 38 heavy (non-hydrogen) atoms. The smallest absolute Gasteiger partial charge is 0.305 e. The number of carboxylic acids is 1. The number of hydrogen-bond acceptors (Lipinski definition) is 6. The number of nitrogens with one attached hydrogen (secondary N) is 1. The van der Waals surface area contributed by atoms with Crippen molar-refractivity contribution in [1.29, 1.82) is 0 Å². The lowest BCUT2D eigenvalue weighted by Crippen LogP contribution is -2.54. The minimum absolute atomic E-state index is 0.0470. The molecule has 3 rings (SSSR count). The van der Waals surface area contributed by atoms with Gasteiger partial charge in [0.05, 0.1) is 19.5 Å². The van der Waals surface area contributed by atoms with E-state index in [1.165, 1.54) is 4.90 Å². The first kappa shape index (κ1) is 28.9. The summed E-state index contributed by atoms with van der Waals surface area (Å²) in [5.41, 5.74) is 0.829. The predicted molar refractivity (Wildman–Crippen MR) is 124 cm³/mol. The molecule has 2 aromatic carbocycles. The van der Waals surface area contributed by atoms with E-state index in [0.29, 0.717) is 24.7 Å². The number of nitrogens with zero attached hydrogens (tertiary/aromatic N) is 2. The summed E-state index contributed by atoms with van der Waals surface area (Å²) in [6.07, 6.45) is -0.900. The van der Waals surface area contributed by atoms with E-state index in [1.54, 1.807) is 23.1 Å². The fourth-order valence-electron chi connectivity index (χ4n) is 3.70. The molecule has 1 saturated heterocycles. The van der Waals surface area contributed by atoms with Gasteiger partial charge in [0.1, 0.15) is 12.6 Å². The molecule has 0 saturated carbocycles. The van der Waals surface area contributed by atoms with Gasteiger partial charge in [-0.1, -0.05) is 23.7 Å². The van der Waals surface area contributed by atoms with Gasteiger partial charge in [-0.15, -0.1) is 0 Å². The lowest BCUT2D eigenvalue weighted by Gasteiger charge is -2.34. The van der Waals surface area contributed by atoms with Gasteiger partial charge in [0.2, 0.25) is 23.4 Å². The summed E-state index contributed by atoms with van der Waals surface area (Å²) in [5, 5.41) is 11.8. The third-order valence-electron chi connectivity index (χ3n) is 5.56. The van der Waals surface area contributed by atoms with Crippen LogP contribution in [0.2, 0.25) is 5.02 Å². The Kier molecular flexibility index (Phi) is 9.64. The third kappa shape index (κ3) is 7.65. The van der Waals surface area contributed by atoms with E-state index < -0.39 is 65.7 Å². The van der Waals surface area contributed by atoms with Crippen LogP contribution in [0.15, 0.2) is 30.3 Å². The predicted octanol–water partition coefficient (Wildman–Crippen LogP) is 2.15. The number of hydrogen-bond donors (Lipinski definition) is 2. The van der Waals surface area contributed by atoms with E-state index in [2.05, 4.69) is 10.1 Å². The molecule has 14 heteroatoms. The largest absolute Gasteiger partial charge is 0.481 e. The molecule has 1 aliphatic heterocycles. The third-order valence-corrected chi connectivity index (χ3v) is 5.80. The van der Waals surface area contributed by atoms with Crippen molar-refractivity contribution in [3.05, 3.63) is 64.2 Å². The first-order valence-corrected chi connectivity index (χ1v) is 11.6. The van der Waals surface area contributed by atoms with Gasteiger partial charge in [-0.05, 0) is 17.7 Å². The monoisotopic (exact) mass is 559 g/mol. The first-order chi connectivity index (χ1) is 17.9. The number of aliphatic carboxylic acids is 1. The molecular formula is C24H22ClF4N3O6. The van der Waals surface area contributed by atoms with Crippen LogP contribution in [0.5, 0.6) is 5.75 Å². The Morgan fingerprint density at radius 3 is 2.37 bits per heavy atom. The summed E-state index contributed by atoms with van der Waals surface area (Å²) < 4.78 is 58.7. The summed E-state index contributed by atoms with van der Waals surface area (Å²) in [7, 11) is 0. The van der Waals surface area contributed by atoms with Crippen molar-refractivity contribution in [2.24, 2.45) is 0 Å². The van der Waals surface area contributed by atoms with Crippen molar-refractivity contribution in [1.82, 2.24) is 15.1 Å². The summed E-state index contributed by atoms with van der Waals surface area (Å²) in [6.45, 7) is -0.715. The van der Waals surface area contributed by atoms with Crippen LogP contribution in [0.1, 0.15) is 12.0 Å². The topological polar surface area (TPSA) is 116 Å². The normalized spacial score (nSPS) is 14.8. The molecule has 0 aliphatic carbocycles. The number of Topliss-reactive ketones (excluding diaryl/α,β-unsaturated/α-hetero) is 1. The standard InChI is InChI=1S/C24H22ClF4N3O6/c25-14-3-1-2-13(6-14)9-32-5-4-31(11-20(32)35)10-19(34)30-17(8-21(36)37)18(33)12-38-24-22(28)15(26)7-16(27)23(24)29/h1-3,6-7,17H,4-5,8-12H2,(H,30,34)(H,36,37). The second-order valence-electron chi connectivity index (χ2n) is 8.43. The Hall–Kier alpha value is -3.71. The molecule has 0 spiro atoms. The van der Waals surface area contributed by atoms with Gasteiger partial charge in [-0.2, -0.15) is 8.78 Å². The van der Waals surface area contributed by atoms with Gasteiger partial charge >= 0.3 is 5.97 Å². The molecular weight excluding hydrogens is 538 g/mol. The van der Waals surface area contributed by atoms with Gasteiger partial charge in [0.15, 0.2) is 23.2 Å². The molecule has 2 amide bonds. The van der Waals surface area contributed by atoms with Crippen LogP contribution in [0.3, 0.4) is 0 Å². The van der Waals surface area contributed by atoms with E-state index in [-0.39, 0.29) is 25.1 Å².